The average molecular weight is 310 g/mol. The van der Waals surface area contributed by atoms with Crippen LogP contribution < -0.4 is 0 Å². The van der Waals surface area contributed by atoms with Crippen molar-refractivity contribution in [2.75, 3.05) is 6.61 Å². The maximum atomic E-state index is 13.8. The van der Waals surface area contributed by atoms with E-state index in [1.165, 1.54) is 0 Å². The third kappa shape index (κ3) is 4.92. The number of hydrogen-bond donors (Lipinski definition) is 0. The lowest BCUT2D eigenvalue weighted by atomic mass is 10.00. The van der Waals surface area contributed by atoms with Gasteiger partial charge in [0.25, 0.3) is 0 Å². The Labute approximate surface area is 119 Å². The molecule has 1 aliphatic rings. The Hall–Kier alpha value is -1.77. The minimum Gasteiger partial charge on any atom is -0.463 e. The van der Waals surface area contributed by atoms with Crippen molar-refractivity contribution in [3.8, 4) is 0 Å². The second kappa shape index (κ2) is 7.30. The number of hydrogen-bond acceptors (Lipinski definition) is 7. The number of carbonyl (C=O) groups excluding carboxylic acids is 3. The van der Waals surface area contributed by atoms with Crippen molar-refractivity contribution in [2.45, 2.75) is 51.6 Å². The van der Waals surface area contributed by atoms with E-state index in [0.29, 0.717) is 0 Å². The fraction of sp³-hybridized carbons (Fsp3) is 0.750. The van der Waals surface area contributed by atoms with Crippen LogP contribution in [-0.4, -0.2) is 55.4 Å². The molecule has 7 nitrogen and oxygen atoms in total. The molecule has 21 heavy (non-hydrogen) atoms. The minimum absolute atomic E-state index is 0.474. The van der Waals surface area contributed by atoms with E-state index in [9.17, 15) is 23.2 Å². The van der Waals surface area contributed by atoms with Gasteiger partial charge in [-0.3, -0.25) is 14.4 Å². The van der Waals surface area contributed by atoms with E-state index < -0.39 is 55.4 Å². The molecule has 1 rings (SSSR count). The van der Waals surface area contributed by atoms with Gasteiger partial charge in [-0.05, 0) is 0 Å². The van der Waals surface area contributed by atoms with Crippen LogP contribution in [0.2, 0.25) is 0 Å². The molecule has 1 heterocycles. The summed E-state index contributed by atoms with van der Waals surface area (Å²) in [6, 6.07) is 0. The molecule has 0 bridgehead atoms. The van der Waals surface area contributed by atoms with Gasteiger partial charge < -0.3 is 18.9 Å². The number of ether oxygens (including phenoxy) is 4. The first kappa shape index (κ1) is 17.3. The quantitative estimate of drug-likeness (QED) is 0.550. The SMILES string of the molecule is CC(=O)OC[C@H]1OC(F)[C@H](F)[C@@H](OC(C)=O)[C@H]1OC(C)=O. The molecule has 1 aliphatic heterocycles. The molecule has 0 aromatic heterocycles. The predicted molar refractivity (Wildman–Crippen MR) is 62.4 cm³/mol. The van der Waals surface area contributed by atoms with Gasteiger partial charge >= 0.3 is 17.9 Å². The predicted octanol–water partition coefficient (Wildman–Crippen LogP) is 0.445. The van der Waals surface area contributed by atoms with Crippen LogP contribution in [0.1, 0.15) is 20.8 Å². The van der Waals surface area contributed by atoms with Crippen molar-refractivity contribution >= 4 is 17.9 Å². The van der Waals surface area contributed by atoms with Crippen LogP contribution >= 0.6 is 0 Å². The van der Waals surface area contributed by atoms with Crippen LogP contribution in [0.4, 0.5) is 8.78 Å². The number of rotatable bonds is 4. The maximum absolute atomic E-state index is 13.8. The van der Waals surface area contributed by atoms with Crippen LogP contribution in [0.25, 0.3) is 0 Å². The van der Waals surface area contributed by atoms with Crippen LogP contribution in [-0.2, 0) is 33.3 Å². The van der Waals surface area contributed by atoms with Gasteiger partial charge in [0.15, 0.2) is 18.4 Å². The van der Waals surface area contributed by atoms with Gasteiger partial charge in [-0.25, -0.2) is 8.78 Å². The molecule has 120 valence electrons. The Kier molecular flexibility index (Phi) is 6.01. The summed E-state index contributed by atoms with van der Waals surface area (Å²) >= 11 is 0. The third-order valence-corrected chi connectivity index (χ3v) is 2.61. The first-order valence-corrected chi connectivity index (χ1v) is 6.13. The number of esters is 3. The summed E-state index contributed by atoms with van der Waals surface area (Å²) in [7, 11) is 0. The van der Waals surface area contributed by atoms with Gasteiger partial charge in [-0.1, -0.05) is 0 Å². The van der Waals surface area contributed by atoms with Crippen molar-refractivity contribution in [1.29, 1.82) is 0 Å². The normalized spacial score (nSPS) is 32.1. The van der Waals surface area contributed by atoms with Crippen LogP contribution in [0.3, 0.4) is 0 Å². The summed E-state index contributed by atoms with van der Waals surface area (Å²) < 4.78 is 46.1. The number of carbonyl (C=O) groups is 3. The summed E-state index contributed by atoms with van der Waals surface area (Å²) in [5.74, 6) is -2.36. The Morgan fingerprint density at radius 3 is 1.95 bits per heavy atom. The second-order valence-electron chi connectivity index (χ2n) is 4.42. The maximum Gasteiger partial charge on any atom is 0.303 e. The highest BCUT2D eigenvalue weighted by Gasteiger charge is 2.51. The van der Waals surface area contributed by atoms with E-state index in [2.05, 4.69) is 14.2 Å². The molecule has 0 aromatic carbocycles. The molecule has 0 saturated carbocycles. The van der Waals surface area contributed by atoms with Crippen LogP contribution in [0, 0.1) is 0 Å². The molecular weight excluding hydrogens is 294 g/mol. The Morgan fingerprint density at radius 2 is 1.48 bits per heavy atom. The van der Waals surface area contributed by atoms with Gasteiger partial charge in [-0.15, -0.1) is 0 Å². The molecule has 0 radical (unpaired) electrons. The summed E-state index contributed by atoms with van der Waals surface area (Å²) in [5.41, 5.74) is 0. The second-order valence-corrected chi connectivity index (χ2v) is 4.42. The summed E-state index contributed by atoms with van der Waals surface area (Å²) in [4.78, 5) is 32.8. The van der Waals surface area contributed by atoms with E-state index in [1.807, 2.05) is 0 Å². The molecule has 5 atom stereocenters. The molecule has 1 unspecified atom stereocenters. The molecule has 0 aliphatic carbocycles. The topological polar surface area (TPSA) is 88.1 Å². The van der Waals surface area contributed by atoms with Crippen molar-refractivity contribution < 1.29 is 42.1 Å². The molecular formula is C12H16F2O7. The van der Waals surface area contributed by atoms with Gasteiger partial charge in [0, 0.05) is 20.8 Å². The lowest BCUT2D eigenvalue weighted by Gasteiger charge is -2.39. The highest BCUT2D eigenvalue weighted by atomic mass is 19.2. The zero-order valence-electron chi connectivity index (χ0n) is 11.7. The first-order chi connectivity index (χ1) is 9.72. The molecule has 1 saturated heterocycles. The number of alkyl halides is 2. The summed E-state index contributed by atoms with van der Waals surface area (Å²) in [6.45, 7) is 2.68. The van der Waals surface area contributed by atoms with Gasteiger partial charge in [0.2, 0.25) is 6.36 Å². The summed E-state index contributed by atoms with van der Waals surface area (Å²) in [5, 5.41) is 0. The largest absolute Gasteiger partial charge is 0.463 e. The van der Waals surface area contributed by atoms with Crippen LogP contribution in [0.5, 0.6) is 0 Å². The zero-order chi connectivity index (χ0) is 16.2. The molecule has 0 spiro atoms. The first-order valence-electron chi connectivity index (χ1n) is 6.13. The van der Waals surface area contributed by atoms with Crippen molar-refractivity contribution in [3.63, 3.8) is 0 Å². The fourth-order valence-corrected chi connectivity index (χ4v) is 1.85. The smallest absolute Gasteiger partial charge is 0.303 e. The van der Waals surface area contributed by atoms with E-state index in [4.69, 9.17) is 4.74 Å². The monoisotopic (exact) mass is 310 g/mol. The highest BCUT2D eigenvalue weighted by Crippen LogP contribution is 2.29. The molecule has 0 amide bonds. The lowest BCUT2D eigenvalue weighted by molar-refractivity contribution is -0.259. The van der Waals surface area contributed by atoms with E-state index in [0.717, 1.165) is 20.8 Å². The van der Waals surface area contributed by atoms with E-state index >= 15 is 0 Å². The van der Waals surface area contributed by atoms with Gasteiger partial charge in [-0.2, -0.15) is 0 Å². The Bertz CT molecular complexity index is 414. The van der Waals surface area contributed by atoms with Crippen molar-refractivity contribution in [2.24, 2.45) is 0 Å². The standard InChI is InChI=1S/C12H16F2O7/c1-5(15)18-4-8-10(19-6(2)16)11(20-7(3)17)9(13)12(14)21-8/h8-12H,4H2,1-3H3/t8-,9-,10+,11-,12?/m1/s1. The van der Waals surface area contributed by atoms with Crippen molar-refractivity contribution in [1.82, 2.24) is 0 Å². The molecule has 9 heteroatoms. The average Bonchev–Trinajstić information content (AvgIpc) is 2.35. The number of halogens is 2. The molecule has 0 N–H and O–H groups in total. The highest BCUT2D eigenvalue weighted by molar-refractivity contribution is 5.67. The van der Waals surface area contributed by atoms with Crippen molar-refractivity contribution in [3.05, 3.63) is 0 Å². The third-order valence-electron chi connectivity index (χ3n) is 2.61. The van der Waals surface area contributed by atoms with E-state index in [1.54, 1.807) is 0 Å². The lowest BCUT2D eigenvalue weighted by Crippen LogP contribution is -2.58. The van der Waals surface area contributed by atoms with Gasteiger partial charge in [0.05, 0.1) is 0 Å². The zero-order valence-corrected chi connectivity index (χ0v) is 11.7. The Morgan fingerprint density at radius 1 is 0.952 bits per heavy atom. The van der Waals surface area contributed by atoms with Gasteiger partial charge in [0.1, 0.15) is 12.7 Å². The van der Waals surface area contributed by atoms with E-state index in [-0.39, 0.29) is 0 Å². The Balaban J connectivity index is 2.94. The minimum atomic E-state index is -2.40. The molecule has 0 aromatic rings. The fourth-order valence-electron chi connectivity index (χ4n) is 1.85. The summed E-state index contributed by atoms with van der Waals surface area (Å²) in [6.07, 6.45) is -9.12. The molecule has 1 fully saturated rings. The van der Waals surface area contributed by atoms with Crippen LogP contribution in [0.15, 0.2) is 0 Å².